The van der Waals surface area contributed by atoms with Gasteiger partial charge in [-0.15, -0.1) is 0 Å². The summed E-state index contributed by atoms with van der Waals surface area (Å²) in [7, 11) is 4.07. The molecule has 3 rings (SSSR count). The van der Waals surface area contributed by atoms with Crippen LogP contribution in [0.2, 0.25) is 5.02 Å². The maximum Gasteiger partial charge on any atom is 0.337 e. The standard InChI is InChI=1S/C21H20ClFN2O5S/c1-10-17(20(27)30-4)18(11-7-15(28-2)19(26)16(8-11)29-3)24-21(31)25(10)12-5-6-14(23)13(22)9-12/h5-9,18,26H,1-4H3,(H,24,31). The van der Waals surface area contributed by atoms with E-state index in [-0.39, 0.29) is 33.0 Å². The number of rotatable bonds is 5. The maximum atomic E-state index is 13.6. The number of aromatic hydroxyl groups is 1. The van der Waals surface area contributed by atoms with Gasteiger partial charge in [0.15, 0.2) is 16.6 Å². The lowest BCUT2D eigenvalue weighted by molar-refractivity contribution is -0.136. The Morgan fingerprint density at radius 3 is 2.32 bits per heavy atom. The van der Waals surface area contributed by atoms with E-state index < -0.39 is 17.8 Å². The molecule has 0 aliphatic carbocycles. The number of nitrogens with zero attached hydrogens (tertiary/aromatic N) is 1. The highest BCUT2D eigenvalue weighted by molar-refractivity contribution is 7.80. The third-order valence-corrected chi connectivity index (χ3v) is 5.48. The molecule has 0 saturated heterocycles. The summed E-state index contributed by atoms with van der Waals surface area (Å²) >= 11 is 11.5. The summed E-state index contributed by atoms with van der Waals surface area (Å²) in [6, 6.07) is 6.54. The third kappa shape index (κ3) is 4.11. The number of benzene rings is 2. The van der Waals surface area contributed by atoms with Gasteiger partial charge >= 0.3 is 5.97 Å². The van der Waals surface area contributed by atoms with Gasteiger partial charge in [-0.05, 0) is 55.0 Å². The zero-order chi connectivity index (χ0) is 22.9. The summed E-state index contributed by atoms with van der Waals surface area (Å²) in [4.78, 5) is 14.3. The number of phenolic OH excluding ortho intramolecular Hbond substituents is 1. The number of phenols is 1. The van der Waals surface area contributed by atoms with Crippen molar-refractivity contribution >= 4 is 40.6 Å². The van der Waals surface area contributed by atoms with Crippen LogP contribution in [0.3, 0.4) is 0 Å². The molecule has 0 saturated carbocycles. The monoisotopic (exact) mass is 466 g/mol. The smallest absolute Gasteiger partial charge is 0.337 e. The van der Waals surface area contributed by atoms with Crippen LogP contribution in [0.25, 0.3) is 0 Å². The molecule has 1 heterocycles. The average molecular weight is 467 g/mol. The SMILES string of the molecule is COC(=O)C1=C(C)N(c2ccc(F)c(Cl)c2)C(=S)NC1c1cc(OC)c(O)c(OC)c1. The molecule has 7 nitrogen and oxygen atoms in total. The van der Waals surface area contributed by atoms with Gasteiger partial charge in [0.2, 0.25) is 5.75 Å². The van der Waals surface area contributed by atoms with E-state index in [0.717, 1.165) is 0 Å². The number of thiocarbonyl (C=S) groups is 1. The second-order valence-electron chi connectivity index (χ2n) is 6.58. The lowest BCUT2D eigenvalue weighted by atomic mass is 9.94. The van der Waals surface area contributed by atoms with Crippen LogP contribution in [0, 0.1) is 5.82 Å². The molecule has 1 aliphatic rings. The fourth-order valence-electron chi connectivity index (χ4n) is 3.38. The van der Waals surface area contributed by atoms with Crippen molar-refractivity contribution in [1.82, 2.24) is 5.32 Å². The Morgan fingerprint density at radius 2 is 1.81 bits per heavy atom. The molecule has 164 valence electrons. The van der Waals surface area contributed by atoms with Crippen molar-refractivity contribution in [3.05, 3.63) is 58.0 Å². The van der Waals surface area contributed by atoms with Gasteiger partial charge in [-0.3, -0.25) is 4.90 Å². The van der Waals surface area contributed by atoms with Gasteiger partial charge in [0.05, 0.1) is 38.0 Å². The normalized spacial score (nSPS) is 16.1. The molecular weight excluding hydrogens is 447 g/mol. The number of allylic oxidation sites excluding steroid dienone is 1. The number of methoxy groups -OCH3 is 3. The predicted octanol–water partition coefficient (Wildman–Crippen LogP) is 4.08. The molecule has 1 atom stereocenters. The van der Waals surface area contributed by atoms with Crippen LogP contribution in [-0.2, 0) is 9.53 Å². The van der Waals surface area contributed by atoms with Crippen molar-refractivity contribution in [1.29, 1.82) is 0 Å². The van der Waals surface area contributed by atoms with E-state index in [1.54, 1.807) is 24.0 Å². The number of halogens is 2. The number of carbonyl (C=O) groups is 1. The van der Waals surface area contributed by atoms with Gasteiger partial charge in [0.25, 0.3) is 0 Å². The quantitative estimate of drug-likeness (QED) is 0.504. The number of hydrogen-bond donors (Lipinski definition) is 2. The second kappa shape index (κ2) is 8.99. The molecule has 0 amide bonds. The number of ether oxygens (including phenoxy) is 3. The van der Waals surface area contributed by atoms with E-state index in [2.05, 4.69) is 5.32 Å². The molecule has 1 aliphatic heterocycles. The molecular formula is C21H20ClFN2O5S. The van der Waals surface area contributed by atoms with Crippen LogP contribution in [0.5, 0.6) is 17.2 Å². The molecule has 31 heavy (non-hydrogen) atoms. The van der Waals surface area contributed by atoms with E-state index in [1.807, 2.05) is 0 Å². The Bertz CT molecular complexity index is 1070. The van der Waals surface area contributed by atoms with Crippen LogP contribution in [0.4, 0.5) is 10.1 Å². The summed E-state index contributed by atoms with van der Waals surface area (Å²) in [6.45, 7) is 1.69. The Labute approximate surface area is 189 Å². The van der Waals surface area contributed by atoms with E-state index in [0.29, 0.717) is 16.9 Å². The molecule has 0 fully saturated rings. The van der Waals surface area contributed by atoms with Crippen molar-refractivity contribution in [3.63, 3.8) is 0 Å². The minimum absolute atomic E-state index is 0.0807. The lowest BCUT2D eigenvalue weighted by Crippen LogP contribution is -2.48. The first kappa shape index (κ1) is 22.6. The van der Waals surface area contributed by atoms with Crippen molar-refractivity contribution in [2.24, 2.45) is 0 Å². The summed E-state index contributed by atoms with van der Waals surface area (Å²) in [6.07, 6.45) is 0. The molecule has 2 aromatic rings. The van der Waals surface area contributed by atoms with Gasteiger partial charge in [-0.2, -0.15) is 0 Å². The molecule has 10 heteroatoms. The van der Waals surface area contributed by atoms with E-state index in [1.165, 1.54) is 39.5 Å². The van der Waals surface area contributed by atoms with Crippen molar-refractivity contribution < 1.29 is 28.5 Å². The van der Waals surface area contributed by atoms with Gasteiger partial charge in [-0.25, -0.2) is 9.18 Å². The summed E-state index contributed by atoms with van der Waals surface area (Å²) < 4.78 is 29.1. The molecule has 0 bridgehead atoms. The van der Waals surface area contributed by atoms with E-state index in [4.69, 9.17) is 38.0 Å². The Kier molecular flexibility index (Phi) is 6.56. The van der Waals surface area contributed by atoms with Gasteiger partial charge < -0.3 is 24.6 Å². The number of anilines is 1. The zero-order valence-electron chi connectivity index (χ0n) is 17.2. The molecule has 0 radical (unpaired) electrons. The van der Waals surface area contributed by atoms with Crippen molar-refractivity contribution in [2.45, 2.75) is 13.0 Å². The summed E-state index contributed by atoms with van der Waals surface area (Å²) in [5.41, 5.74) is 1.74. The van der Waals surface area contributed by atoms with E-state index in [9.17, 15) is 14.3 Å². The topological polar surface area (TPSA) is 80.3 Å². The fourth-order valence-corrected chi connectivity index (χ4v) is 3.92. The Morgan fingerprint density at radius 1 is 1.19 bits per heavy atom. The van der Waals surface area contributed by atoms with Crippen LogP contribution in [-0.4, -0.2) is 37.5 Å². The van der Waals surface area contributed by atoms with Gasteiger partial charge in [0.1, 0.15) is 5.82 Å². The van der Waals surface area contributed by atoms with Crippen LogP contribution >= 0.6 is 23.8 Å². The lowest BCUT2D eigenvalue weighted by Gasteiger charge is -2.37. The number of hydrogen-bond acceptors (Lipinski definition) is 6. The largest absolute Gasteiger partial charge is 0.502 e. The number of nitrogens with one attached hydrogen (secondary N) is 1. The summed E-state index contributed by atoms with van der Waals surface area (Å²) in [5.74, 6) is -1.01. The highest BCUT2D eigenvalue weighted by atomic mass is 35.5. The van der Waals surface area contributed by atoms with Crippen molar-refractivity contribution in [3.8, 4) is 17.2 Å². The van der Waals surface area contributed by atoms with Crippen LogP contribution in [0.15, 0.2) is 41.6 Å². The Hall–Kier alpha value is -3.04. The fraction of sp³-hybridized carbons (Fsp3) is 0.238. The Balaban J connectivity index is 2.19. The predicted molar refractivity (Wildman–Crippen MR) is 118 cm³/mol. The number of esters is 1. The molecule has 0 aromatic heterocycles. The maximum absolute atomic E-state index is 13.6. The van der Waals surface area contributed by atoms with Crippen molar-refractivity contribution in [2.75, 3.05) is 26.2 Å². The van der Waals surface area contributed by atoms with Crippen LogP contribution < -0.4 is 19.7 Å². The molecule has 2 N–H and O–H groups in total. The molecule has 0 spiro atoms. The molecule has 1 unspecified atom stereocenters. The highest BCUT2D eigenvalue weighted by Gasteiger charge is 2.36. The second-order valence-corrected chi connectivity index (χ2v) is 7.37. The van der Waals surface area contributed by atoms with E-state index >= 15 is 0 Å². The van der Waals surface area contributed by atoms with Gasteiger partial charge in [-0.1, -0.05) is 11.6 Å². The van der Waals surface area contributed by atoms with Crippen LogP contribution in [0.1, 0.15) is 18.5 Å². The average Bonchev–Trinajstić information content (AvgIpc) is 2.75. The minimum Gasteiger partial charge on any atom is -0.502 e. The summed E-state index contributed by atoms with van der Waals surface area (Å²) in [5, 5.41) is 13.5. The van der Waals surface area contributed by atoms with Gasteiger partial charge in [0, 0.05) is 11.4 Å². The third-order valence-electron chi connectivity index (χ3n) is 4.89. The number of carbonyl (C=O) groups excluding carboxylic acids is 1. The zero-order valence-corrected chi connectivity index (χ0v) is 18.7. The first-order valence-electron chi connectivity index (χ1n) is 9.03. The highest BCUT2D eigenvalue weighted by Crippen LogP contribution is 2.42. The first-order valence-corrected chi connectivity index (χ1v) is 9.81. The minimum atomic E-state index is -0.726. The molecule has 2 aromatic carbocycles. The first-order chi connectivity index (χ1) is 14.7.